The van der Waals surface area contributed by atoms with Crippen molar-refractivity contribution < 1.29 is 9.90 Å². The number of hydrogen-bond donors (Lipinski definition) is 1. The van der Waals surface area contributed by atoms with Gasteiger partial charge < -0.3 is 19.8 Å². The first-order valence-corrected chi connectivity index (χ1v) is 11.6. The molecule has 170 valence electrons. The summed E-state index contributed by atoms with van der Waals surface area (Å²) in [5.41, 5.74) is 2.54. The molecule has 30 heavy (non-hydrogen) atoms. The minimum Gasteiger partial charge on any atom is -0.480 e. The van der Waals surface area contributed by atoms with E-state index in [1.165, 1.54) is 11.1 Å². The molecule has 1 saturated heterocycles. The maximum Gasteiger partial charge on any atom is 0.317 e. The van der Waals surface area contributed by atoms with Crippen molar-refractivity contribution >= 4 is 5.97 Å². The van der Waals surface area contributed by atoms with Gasteiger partial charge in [0.2, 0.25) is 0 Å². The molecule has 1 fully saturated rings. The highest BCUT2D eigenvalue weighted by Crippen LogP contribution is 2.13. The Morgan fingerprint density at radius 3 is 1.87 bits per heavy atom. The number of aliphatic carboxylic acids is 1. The normalized spacial score (nSPS) is 21.8. The van der Waals surface area contributed by atoms with E-state index in [1.807, 2.05) is 0 Å². The summed E-state index contributed by atoms with van der Waals surface area (Å²) in [6.45, 7) is 18.8. The number of aryl methyl sites for hydroxylation is 1. The maximum atomic E-state index is 11.7. The van der Waals surface area contributed by atoms with Crippen LogP contribution in [0.5, 0.6) is 0 Å². The zero-order valence-electron chi connectivity index (χ0n) is 19.5. The molecule has 1 aliphatic heterocycles. The number of hydrogen-bond acceptors (Lipinski definition) is 5. The molecular formula is C24H42N4O2. The molecule has 0 amide bonds. The second kappa shape index (κ2) is 13.1. The first kappa shape index (κ1) is 24.8. The van der Waals surface area contributed by atoms with Gasteiger partial charge in [0.15, 0.2) is 0 Å². The Labute approximate surface area is 183 Å². The third-order valence-corrected chi connectivity index (χ3v) is 6.43. The number of benzene rings is 1. The largest absolute Gasteiger partial charge is 0.480 e. The van der Waals surface area contributed by atoms with E-state index in [4.69, 9.17) is 0 Å². The van der Waals surface area contributed by atoms with E-state index in [2.05, 4.69) is 71.6 Å². The van der Waals surface area contributed by atoms with Gasteiger partial charge in [0.1, 0.15) is 0 Å². The number of carboxylic acid groups (broad SMARTS) is 1. The molecule has 0 spiro atoms. The van der Waals surface area contributed by atoms with E-state index in [0.29, 0.717) is 0 Å². The summed E-state index contributed by atoms with van der Waals surface area (Å²) in [4.78, 5) is 21.4. The first-order chi connectivity index (χ1) is 14.4. The molecule has 1 aliphatic rings. The zero-order chi connectivity index (χ0) is 21.9. The number of nitrogens with zero attached hydrogens (tertiary/aromatic N) is 4. The number of likely N-dealkylation sites (N-methyl/N-ethyl adjacent to an activating group) is 3. The van der Waals surface area contributed by atoms with Crippen LogP contribution < -0.4 is 0 Å². The van der Waals surface area contributed by atoms with E-state index < -0.39 is 5.97 Å². The molecule has 6 nitrogen and oxygen atoms in total. The van der Waals surface area contributed by atoms with Crippen LogP contribution >= 0.6 is 0 Å². The minimum absolute atomic E-state index is 0.104. The minimum atomic E-state index is -0.737. The van der Waals surface area contributed by atoms with E-state index in [-0.39, 0.29) is 12.6 Å². The standard InChI is InChI=1S/C24H42N4O2/c1-5-25-12-13-26(6-2)16-17-28(20-24(29)30)23(19-27(7-3)15-14-25)18-22-10-8-21(4)9-11-22/h8-11,23H,5-7,12-20H2,1-4H3,(H,29,30). The fourth-order valence-corrected chi connectivity index (χ4v) is 4.24. The van der Waals surface area contributed by atoms with Crippen LogP contribution in [0.3, 0.4) is 0 Å². The second-order valence-electron chi connectivity index (χ2n) is 8.47. The van der Waals surface area contributed by atoms with E-state index in [9.17, 15) is 9.90 Å². The molecule has 1 unspecified atom stereocenters. The maximum absolute atomic E-state index is 11.7. The predicted octanol–water partition coefficient (Wildman–Crippen LogP) is 2.27. The molecule has 6 heteroatoms. The number of carbonyl (C=O) groups is 1. The lowest BCUT2D eigenvalue weighted by Crippen LogP contribution is -2.52. The fourth-order valence-electron chi connectivity index (χ4n) is 4.24. The summed E-state index contributed by atoms with van der Waals surface area (Å²) < 4.78 is 0. The van der Waals surface area contributed by atoms with Crippen molar-refractivity contribution in [2.24, 2.45) is 0 Å². The summed E-state index contributed by atoms with van der Waals surface area (Å²) in [7, 11) is 0. The summed E-state index contributed by atoms with van der Waals surface area (Å²) in [5, 5.41) is 9.61. The van der Waals surface area contributed by atoms with Gasteiger partial charge in [-0.25, -0.2) is 0 Å². The average Bonchev–Trinajstić information content (AvgIpc) is 2.73. The van der Waals surface area contributed by atoms with Crippen LogP contribution in [-0.2, 0) is 11.2 Å². The molecule has 1 atom stereocenters. The lowest BCUT2D eigenvalue weighted by molar-refractivity contribution is -0.139. The van der Waals surface area contributed by atoms with Crippen molar-refractivity contribution in [1.82, 2.24) is 19.6 Å². The Kier molecular flexibility index (Phi) is 10.8. The van der Waals surface area contributed by atoms with Gasteiger partial charge in [0, 0.05) is 51.9 Å². The van der Waals surface area contributed by atoms with Gasteiger partial charge in [0.25, 0.3) is 0 Å². The quantitative estimate of drug-likeness (QED) is 0.733. The Bertz CT molecular complexity index is 622. The second-order valence-corrected chi connectivity index (χ2v) is 8.47. The van der Waals surface area contributed by atoms with Crippen LogP contribution in [0.25, 0.3) is 0 Å². The Morgan fingerprint density at radius 1 is 0.867 bits per heavy atom. The monoisotopic (exact) mass is 418 g/mol. The van der Waals surface area contributed by atoms with Crippen molar-refractivity contribution in [3.63, 3.8) is 0 Å². The molecule has 1 aromatic carbocycles. The summed E-state index contributed by atoms with van der Waals surface area (Å²) >= 11 is 0. The van der Waals surface area contributed by atoms with Gasteiger partial charge in [-0.15, -0.1) is 0 Å². The van der Waals surface area contributed by atoms with Gasteiger partial charge in [-0.05, 0) is 38.5 Å². The summed E-state index contributed by atoms with van der Waals surface area (Å²) in [6.07, 6.45) is 0.883. The third-order valence-electron chi connectivity index (χ3n) is 6.43. The number of carboxylic acids is 1. The van der Waals surface area contributed by atoms with Crippen molar-refractivity contribution in [3.8, 4) is 0 Å². The van der Waals surface area contributed by atoms with Crippen molar-refractivity contribution in [3.05, 3.63) is 35.4 Å². The molecular weight excluding hydrogens is 376 g/mol. The Balaban J connectivity index is 2.26. The SMILES string of the molecule is CCN1CCN(CC)CCN(CC(=O)O)C(Cc2ccc(C)cc2)CN(CC)CC1. The highest BCUT2D eigenvalue weighted by molar-refractivity contribution is 5.69. The highest BCUT2D eigenvalue weighted by atomic mass is 16.4. The molecule has 0 aliphatic carbocycles. The van der Waals surface area contributed by atoms with Crippen molar-refractivity contribution in [2.45, 2.75) is 40.2 Å². The number of rotatable bonds is 7. The van der Waals surface area contributed by atoms with Gasteiger partial charge in [0.05, 0.1) is 6.54 Å². The fraction of sp³-hybridized carbons (Fsp3) is 0.708. The van der Waals surface area contributed by atoms with E-state index in [0.717, 1.165) is 71.9 Å². The molecule has 0 bridgehead atoms. The molecule has 1 N–H and O–H groups in total. The molecule has 1 heterocycles. The van der Waals surface area contributed by atoms with Gasteiger partial charge in [-0.2, -0.15) is 0 Å². The molecule has 2 rings (SSSR count). The molecule has 0 aromatic heterocycles. The molecule has 1 aromatic rings. The van der Waals surface area contributed by atoms with Crippen molar-refractivity contribution in [1.29, 1.82) is 0 Å². The molecule has 0 radical (unpaired) electrons. The van der Waals surface area contributed by atoms with Gasteiger partial charge >= 0.3 is 5.97 Å². The zero-order valence-corrected chi connectivity index (χ0v) is 19.5. The summed E-state index contributed by atoms with van der Waals surface area (Å²) in [6, 6.07) is 8.89. The smallest absolute Gasteiger partial charge is 0.317 e. The Morgan fingerprint density at radius 2 is 1.37 bits per heavy atom. The van der Waals surface area contributed by atoms with E-state index in [1.54, 1.807) is 0 Å². The average molecular weight is 419 g/mol. The highest BCUT2D eigenvalue weighted by Gasteiger charge is 2.25. The van der Waals surface area contributed by atoms with Gasteiger partial charge in [-0.3, -0.25) is 9.69 Å². The van der Waals surface area contributed by atoms with Crippen LogP contribution in [0.15, 0.2) is 24.3 Å². The van der Waals surface area contributed by atoms with E-state index >= 15 is 0 Å². The first-order valence-electron chi connectivity index (χ1n) is 11.6. The predicted molar refractivity (Wildman–Crippen MR) is 124 cm³/mol. The van der Waals surface area contributed by atoms with Crippen LogP contribution in [0.2, 0.25) is 0 Å². The van der Waals surface area contributed by atoms with Crippen LogP contribution in [0, 0.1) is 6.92 Å². The lowest BCUT2D eigenvalue weighted by atomic mass is 10.0. The molecule has 0 saturated carbocycles. The van der Waals surface area contributed by atoms with Crippen LogP contribution in [0.4, 0.5) is 0 Å². The third kappa shape index (κ3) is 8.34. The summed E-state index contributed by atoms with van der Waals surface area (Å²) in [5.74, 6) is -0.737. The lowest BCUT2D eigenvalue weighted by Gasteiger charge is -2.38. The Hall–Kier alpha value is -1.47. The van der Waals surface area contributed by atoms with Gasteiger partial charge in [-0.1, -0.05) is 50.6 Å². The topological polar surface area (TPSA) is 50.3 Å². The van der Waals surface area contributed by atoms with Crippen molar-refractivity contribution in [2.75, 3.05) is 72.0 Å². The van der Waals surface area contributed by atoms with Crippen LogP contribution in [-0.4, -0.2) is 109 Å². The van der Waals surface area contributed by atoms with Crippen LogP contribution in [0.1, 0.15) is 31.9 Å².